The van der Waals surface area contributed by atoms with E-state index >= 15 is 4.79 Å². The molecule has 1 aromatic heterocycles. The molecular weight excluding hydrogens is 725 g/mol. The molecular formula is C45H56N4O8. The second kappa shape index (κ2) is 12.9. The van der Waals surface area contributed by atoms with Crippen LogP contribution in [-0.2, 0) is 41.1 Å². The molecule has 3 aromatic rings. The number of benzene rings is 2. The van der Waals surface area contributed by atoms with Crippen LogP contribution in [0.15, 0.2) is 48.6 Å². The average Bonchev–Trinajstić information content (AvgIpc) is 3.84. The number of anilines is 1. The number of carbonyl (C=O) groups is 3. The molecule has 10 atom stereocenters. The third kappa shape index (κ3) is 4.96. The Labute approximate surface area is 334 Å². The van der Waals surface area contributed by atoms with E-state index in [0.717, 1.165) is 33.4 Å². The van der Waals surface area contributed by atoms with Crippen molar-refractivity contribution < 1.29 is 38.8 Å². The first-order valence-corrected chi connectivity index (χ1v) is 20.5. The van der Waals surface area contributed by atoms with Crippen molar-refractivity contribution in [2.24, 2.45) is 11.3 Å². The number of hydrogen-bond acceptors (Lipinski definition) is 11. The lowest BCUT2D eigenvalue weighted by atomic mass is 9.47. The molecule has 5 aliphatic heterocycles. The highest BCUT2D eigenvalue weighted by atomic mass is 16.6. The number of hydrogen-bond donors (Lipinski definition) is 3. The number of aromatic amines is 1. The van der Waals surface area contributed by atoms with E-state index < -0.39 is 57.3 Å². The predicted octanol–water partition coefficient (Wildman–Crippen LogP) is 4.02. The topological polar surface area (TPSA) is 145 Å². The van der Waals surface area contributed by atoms with Crippen molar-refractivity contribution in [3.8, 4) is 5.75 Å². The van der Waals surface area contributed by atoms with Crippen LogP contribution in [0.2, 0.25) is 0 Å². The molecule has 304 valence electrons. The number of aromatic nitrogens is 1. The lowest BCUT2D eigenvalue weighted by Crippen LogP contribution is -2.81. The van der Waals surface area contributed by atoms with E-state index in [1.807, 2.05) is 50.1 Å². The number of fused-ring (bicyclic) bond motifs is 6. The number of aliphatic hydroxyl groups is 2. The summed E-state index contributed by atoms with van der Waals surface area (Å²) in [6.07, 6.45) is 5.66. The lowest BCUT2D eigenvalue weighted by molar-refractivity contribution is -0.215. The highest BCUT2D eigenvalue weighted by molar-refractivity contribution is 5.95. The molecule has 6 aliphatic rings. The highest BCUT2D eigenvalue weighted by Crippen LogP contribution is 2.68. The maximum Gasteiger partial charge on any atom is 0.322 e. The third-order valence-corrected chi connectivity index (χ3v) is 15.1. The van der Waals surface area contributed by atoms with E-state index in [9.17, 15) is 19.8 Å². The number of Topliss-reactive ketones (excluding diaryl/α,β-unsaturated/α-hetero) is 1. The number of H-pyrrole nitrogens is 1. The Hall–Kier alpha value is -4.23. The zero-order chi connectivity index (χ0) is 40.4. The van der Waals surface area contributed by atoms with Gasteiger partial charge in [0, 0.05) is 90.9 Å². The van der Waals surface area contributed by atoms with Crippen LogP contribution in [0.25, 0.3) is 10.9 Å². The molecule has 2 aromatic carbocycles. The second-order valence-corrected chi connectivity index (χ2v) is 18.2. The van der Waals surface area contributed by atoms with Crippen LogP contribution in [0.1, 0.15) is 75.8 Å². The van der Waals surface area contributed by atoms with Crippen molar-refractivity contribution in [2.75, 3.05) is 58.9 Å². The molecule has 12 heteroatoms. The summed E-state index contributed by atoms with van der Waals surface area (Å²) in [5.74, 6) is -1.06. The van der Waals surface area contributed by atoms with E-state index in [1.54, 1.807) is 7.11 Å². The maximum atomic E-state index is 15.2. The van der Waals surface area contributed by atoms with Gasteiger partial charge in [0.2, 0.25) is 0 Å². The van der Waals surface area contributed by atoms with Gasteiger partial charge in [-0.1, -0.05) is 37.3 Å². The van der Waals surface area contributed by atoms with Crippen molar-refractivity contribution in [1.82, 2.24) is 14.8 Å². The first kappa shape index (κ1) is 38.3. The van der Waals surface area contributed by atoms with Gasteiger partial charge < -0.3 is 34.3 Å². The van der Waals surface area contributed by atoms with Gasteiger partial charge in [0.05, 0.1) is 25.9 Å². The molecule has 2 bridgehead atoms. The number of nitrogens with one attached hydrogen (secondary N) is 1. The largest absolute Gasteiger partial charge is 0.496 e. The van der Waals surface area contributed by atoms with E-state index in [4.69, 9.17) is 14.2 Å². The van der Waals surface area contributed by atoms with Gasteiger partial charge in [-0.25, -0.2) is 0 Å². The normalized spacial score (nSPS) is 37.9. The van der Waals surface area contributed by atoms with Crippen LogP contribution in [0.5, 0.6) is 5.75 Å². The molecule has 0 radical (unpaired) electrons. The number of esters is 2. The van der Waals surface area contributed by atoms with Gasteiger partial charge in [-0.3, -0.25) is 24.2 Å². The number of methoxy groups -OCH3 is 2. The summed E-state index contributed by atoms with van der Waals surface area (Å²) < 4.78 is 18.4. The number of piperidine rings is 1. The van der Waals surface area contributed by atoms with Gasteiger partial charge in [-0.2, -0.15) is 0 Å². The third-order valence-electron chi connectivity index (χ3n) is 15.1. The minimum atomic E-state index is -2.09. The SMILES string of the molecule is CC[C@]12C=CCN3CCC4(c5cc([C@@]6(C(=O)OC)CC7CN(CCc8c6[nH]c6ccccc86)C[C@@](C)(O)C7)c(OC)cc5N(C)C4[C@@](O)(C(C)=O)[C@@H]1OC(C)=O)C32. The fourth-order valence-electron chi connectivity index (χ4n) is 13.4. The van der Waals surface area contributed by atoms with E-state index in [0.29, 0.717) is 76.1 Å². The van der Waals surface area contributed by atoms with E-state index in [2.05, 4.69) is 39.1 Å². The second-order valence-electron chi connectivity index (χ2n) is 18.2. The standard InChI is InChI=1S/C45H56N4O8/c1-8-42-15-11-17-49-19-16-43(37(42)49)31-20-32(35(55-6)21-34(31)47(5)38(43)45(54,26(2)50)39(42)57-27(3)51)44(40(52)56-7)23-28-22-41(4,53)25-48(24-28)18-14-30-29-12-9-10-13-33(29)46-36(30)44/h9-13,15,20-21,28,37-39,46,53-54H,8,14,16-19,22-25H2,1-7H3/t28?,37?,38?,39-,41+,42-,43?,44+,45+/m1/s1. The summed E-state index contributed by atoms with van der Waals surface area (Å²) in [7, 11) is 4.95. The summed E-state index contributed by atoms with van der Waals surface area (Å²) in [6.45, 7) is 10.0. The smallest absolute Gasteiger partial charge is 0.322 e. The van der Waals surface area contributed by atoms with Crippen LogP contribution in [0.3, 0.4) is 0 Å². The van der Waals surface area contributed by atoms with Crippen LogP contribution >= 0.6 is 0 Å². The number of para-hydroxylation sites is 1. The Morgan fingerprint density at radius 3 is 2.49 bits per heavy atom. The fourth-order valence-corrected chi connectivity index (χ4v) is 13.4. The van der Waals surface area contributed by atoms with Crippen molar-refractivity contribution in [2.45, 2.75) is 100 Å². The van der Waals surface area contributed by atoms with Gasteiger partial charge >= 0.3 is 11.9 Å². The highest BCUT2D eigenvalue weighted by Gasteiger charge is 2.79. The molecule has 3 N–H and O–H groups in total. The van der Waals surface area contributed by atoms with Crippen molar-refractivity contribution in [3.63, 3.8) is 0 Å². The number of likely N-dealkylation sites (N-methyl/N-ethyl adjacent to an activating group) is 1. The zero-order valence-electron chi connectivity index (χ0n) is 34.2. The minimum Gasteiger partial charge on any atom is -0.496 e. The summed E-state index contributed by atoms with van der Waals surface area (Å²) in [5.41, 5.74) is -1.10. The minimum absolute atomic E-state index is 0.0862. The Bertz CT molecular complexity index is 2220. The average molecular weight is 781 g/mol. The molecule has 9 rings (SSSR count). The number of rotatable bonds is 6. The Morgan fingerprint density at radius 1 is 1.02 bits per heavy atom. The van der Waals surface area contributed by atoms with Crippen molar-refractivity contribution in [1.29, 1.82) is 0 Å². The van der Waals surface area contributed by atoms with Gasteiger partial charge in [-0.05, 0) is 81.7 Å². The molecule has 6 heterocycles. The van der Waals surface area contributed by atoms with E-state index in [-0.39, 0.29) is 12.0 Å². The van der Waals surface area contributed by atoms with Gasteiger partial charge in [-0.15, -0.1) is 0 Å². The summed E-state index contributed by atoms with van der Waals surface area (Å²) in [5, 5.41) is 25.9. The molecule has 0 amide bonds. The Morgan fingerprint density at radius 2 is 1.79 bits per heavy atom. The molecule has 1 saturated carbocycles. The Balaban J connectivity index is 1.37. The fraction of sp³-hybridized carbons (Fsp3) is 0.578. The summed E-state index contributed by atoms with van der Waals surface area (Å²) >= 11 is 0. The van der Waals surface area contributed by atoms with Crippen molar-refractivity contribution >= 4 is 34.3 Å². The quantitative estimate of drug-likeness (QED) is 0.247. The van der Waals surface area contributed by atoms with Crippen molar-refractivity contribution in [3.05, 3.63) is 70.9 Å². The van der Waals surface area contributed by atoms with E-state index in [1.165, 1.54) is 21.0 Å². The first-order chi connectivity index (χ1) is 27.1. The zero-order valence-corrected chi connectivity index (χ0v) is 34.2. The number of ether oxygens (including phenoxy) is 3. The predicted molar refractivity (Wildman–Crippen MR) is 214 cm³/mol. The molecule has 5 unspecified atom stereocenters. The molecule has 2 saturated heterocycles. The molecule has 57 heavy (non-hydrogen) atoms. The first-order valence-electron chi connectivity index (χ1n) is 20.5. The van der Waals surface area contributed by atoms with Gasteiger partial charge in [0.1, 0.15) is 11.2 Å². The molecule has 12 nitrogen and oxygen atoms in total. The van der Waals surface area contributed by atoms with Crippen LogP contribution in [0.4, 0.5) is 5.69 Å². The molecule has 1 aliphatic carbocycles. The number of nitrogens with zero attached hydrogens (tertiary/aromatic N) is 3. The number of carbonyl (C=O) groups excluding carboxylic acids is 3. The molecule has 3 fully saturated rings. The van der Waals surface area contributed by atoms with Crippen LogP contribution in [-0.4, -0.2) is 126 Å². The summed E-state index contributed by atoms with van der Waals surface area (Å²) in [6, 6.07) is 11.2. The lowest BCUT2D eigenvalue weighted by Gasteiger charge is -2.64. The number of ketones is 1. The summed E-state index contributed by atoms with van der Waals surface area (Å²) in [4.78, 5) is 52.9. The van der Waals surface area contributed by atoms with Crippen LogP contribution < -0.4 is 9.64 Å². The van der Waals surface area contributed by atoms with Crippen LogP contribution in [0, 0.1) is 11.3 Å². The monoisotopic (exact) mass is 780 g/mol. The Kier molecular flexibility index (Phi) is 8.66. The van der Waals surface area contributed by atoms with Gasteiger partial charge in [0.15, 0.2) is 17.5 Å². The van der Waals surface area contributed by atoms with Gasteiger partial charge in [0.25, 0.3) is 0 Å². The molecule has 1 spiro atoms. The maximum absolute atomic E-state index is 15.2.